The molecule has 4 heteroatoms. The summed E-state index contributed by atoms with van der Waals surface area (Å²) in [6, 6.07) is -0.351. The van der Waals surface area contributed by atoms with Crippen molar-refractivity contribution < 1.29 is 9.59 Å². The highest BCUT2D eigenvalue weighted by Gasteiger charge is 2.34. The summed E-state index contributed by atoms with van der Waals surface area (Å²) < 4.78 is 0. The monoisotopic (exact) mass is 224 g/mol. The summed E-state index contributed by atoms with van der Waals surface area (Å²) in [5.41, 5.74) is 0. The third-order valence-corrected chi connectivity index (χ3v) is 3.04. The molecule has 0 radical (unpaired) electrons. The van der Waals surface area contributed by atoms with E-state index in [9.17, 15) is 9.59 Å². The van der Waals surface area contributed by atoms with E-state index in [1.807, 2.05) is 13.8 Å². The second kappa shape index (κ2) is 5.68. The number of amides is 2. The minimum Gasteiger partial charge on any atom is -0.342 e. The van der Waals surface area contributed by atoms with E-state index in [4.69, 9.17) is 0 Å². The van der Waals surface area contributed by atoms with Gasteiger partial charge in [-0.05, 0) is 12.3 Å². The SMILES string of the molecule is C=CCCN1CC(=O)NC(C(C)CC)C1=O. The van der Waals surface area contributed by atoms with Crippen LogP contribution in [0.25, 0.3) is 0 Å². The van der Waals surface area contributed by atoms with Crippen LogP contribution in [-0.2, 0) is 9.59 Å². The maximum Gasteiger partial charge on any atom is 0.245 e. The van der Waals surface area contributed by atoms with E-state index in [-0.39, 0.29) is 30.3 Å². The summed E-state index contributed by atoms with van der Waals surface area (Å²) in [5, 5.41) is 2.77. The first-order valence-electron chi connectivity index (χ1n) is 5.79. The second-order valence-electron chi connectivity index (χ2n) is 4.27. The van der Waals surface area contributed by atoms with Gasteiger partial charge in [0.1, 0.15) is 6.04 Å². The van der Waals surface area contributed by atoms with Gasteiger partial charge in [0.25, 0.3) is 0 Å². The number of nitrogens with zero attached hydrogens (tertiary/aromatic N) is 1. The molecule has 90 valence electrons. The summed E-state index contributed by atoms with van der Waals surface area (Å²) in [5.74, 6) is 0.160. The Labute approximate surface area is 96.7 Å². The zero-order valence-electron chi connectivity index (χ0n) is 10.0. The van der Waals surface area contributed by atoms with Gasteiger partial charge in [-0.25, -0.2) is 0 Å². The molecule has 1 heterocycles. The Bertz CT molecular complexity index is 289. The van der Waals surface area contributed by atoms with E-state index in [0.717, 1.165) is 12.8 Å². The highest BCUT2D eigenvalue weighted by atomic mass is 16.2. The quantitative estimate of drug-likeness (QED) is 0.706. The van der Waals surface area contributed by atoms with Gasteiger partial charge >= 0.3 is 0 Å². The van der Waals surface area contributed by atoms with Crippen LogP contribution in [0.2, 0.25) is 0 Å². The average Bonchev–Trinajstić information content (AvgIpc) is 2.28. The smallest absolute Gasteiger partial charge is 0.245 e. The first-order chi connectivity index (χ1) is 7.60. The van der Waals surface area contributed by atoms with Gasteiger partial charge in [0.2, 0.25) is 11.8 Å². The van der Waals surface area contributed by atoms with Crippen LogP contribution in [0, 0.1) is 5.92 Å². The number of hydrogen-bond donors (Lipinski definition) is 1. The van der Waals surface area contributed by atoms with Crippen LogP contribution in [0.4, 0.5) is 0 Å². The van der Waals surface area contributed by atoms with Gasteiger partial charge in [0, 0.05) is 6.54 Å². The summed E-state index contributed by atoms with van der Waals surface area (Å²) in [4.78, 5) is 25.2. The number of carbonyl (C=O) groups is 2. The summed E-state index contributed by atoms with van der Waals surface area (Å²) in [6.07, 6.45) is 3.37. The fourth-order valence-corrected chi connectivity index (χ4v) is 1.79. The molecule has 0 spiro atoms. The Kier molecular flexibility index (Phi) is 4.52. The Balaban J connectivity index is 2.69. The number of nitrogens with one attached hydrogen (secondary N) is 1. The molecule has 2 amide bonds. The predicted octanol–water partition coefficient (Wildman–Crippen LogP) is 0.936. The molecule has 0 saturated carbocycles. The Morgan fingerprint density at radius 2 is 2.31 bits per heavy atom. The van der Waals surface area contributed by atoms with Crippen molar-refractivity contribution >= 4 is 11.8 Å². The van der Waals surface area contributed by atoms with Crippen molar-refractivity contribution in [1.29, 1.82) is 0 Å². The van der Waals surface area contributed by atoms with Crippen molar-refractivity contribution in [3.8, 4) is 0 Å². The van der Waals surface area contributed by atoms with Crippen molar-refractivity contribution in [3.63, 3.8) is 0 Å². The molecule has 1 fully saturated rings. The third-order valence-electron chi connectivity index (χ3n) is 3.04. The number of carbonyl (C=O) groups excluding carboxylic acids is 2. The van der Waals surface area contributed by atoms with Gasteiger partial charge in [-0.15, -0.1) is 6.58 Å². The van der Waals surface area contributed by atoms with Crippen molar-refractivity contribution in [2.24, 2.45) is 5.92 Å². The zero-order chi connectivity index (χ0) is 12.1. The van der Waals surface area contributed by atoms with Crippen molar-refractivity contribution in [2.75, 3.05) is 13.1 Å². The maximum atomic E-state index is 12.1. The molecule has 0 aliphatic carbocycles. The van der Waals surface area contributed by atoms with Crippen LogP contribution in [0.15, 0.2) is 12.7 Å². The summed E-state index contributed by atoms with van der Waals surface area (Å²) in [6.45, 7) is 8.39. The minimum atomic E-state index is -0.351. The molecule has 1 saturated heterocycles. The van der Waals surface area contributed by atoms with Crippen molar-refractivity contribution in [1.82, 2.24) is 10.2 Å². The lowest BCUT2D eigenvalue weighted by atomic mass is 9.96. The Hall–Kier alpha value is -1.32. The largest absolute Gasteiger partial charge is 0.342 e. The number of piperazine rings is 1. The van der Waals surface area contributed by atoms with Crippen molar-refractivity contribution in [2.45, 2.75) is 32.7 Å². The molecule has 4 nitrogen and oxygen atoms in total. The molecule has 2 unspecified atom stereocenters. The first-order valence-corrected chi connectivity index (χ1v) is 5.79. The van der Waals surface area contributed by atoms with E-state index in [2.05, 4.69) is 11.9 Å². The highest BCUT2D eigenvalue weighted by molar-refractivity contribution is 5.95. The highest BCUT2D eigenvalue weighted by Crippen LogP contribution is 2.14. The molecule has 0 aromatic rings. The van der Waals surface area contributed by atoms with Gasteiger partial charge in [-0.2, -0.15) is 0 Å². The molecule has 1 N–H and O–H groups in total. The lowest BCUT2D eigenvalue weighted by molar-refractivity contribution is -0.145. The molecule has 1 rings (SSSR count). The van der Waals surface area contributed by atoms with Gasteiger partial charge in [-0.1, -0.05) is 26.3 Å². The molecule has 1 aliphatic rings. The first kappa shape index (κ1) is 12.7. The Morgan fingerprint density at radius 3 is 2.88 bits per heavy atom. The fraction of sp³-hybridized carbons (Fsp3) is 0.667. The molecule has 2 atom stereocenters. The minimum absolute atomic E-state index is 0.0378. The lowest BCUT2D eigenvalue weighted by Crippen LogP contribution is -2.60. The molecule has 1 aliphatic heterocycles. The van der Waals surface area contributed by atoms with Crippen LogP contribution in [-0.4, -0.2) is 35.8 Å². The van der Waals surface area contributed by atoms with Gasteiger partial charge < -0.3 is 10.2 Å². The topological polar surface area (TPSA) is 49.4 Å². The zero-order valence-corrected chi connectivity index (χ0v) is 10.0. The van der Waals surface area contributed by atoms with Crippen LogP contribution >= 0.6 is 0 Å². The van der Waals surface area contributed by atoms with E-state index in [0.29, 0.717) is 6.54 Å². The Morgan fingerprint density at radius 1 is 1.62 bits per heavy atom. The molecule has 16 heavy (non-hydrogen) atoms. The van der Waals surface area contributed by atoms with E-state index in [1.54, 1.807) is 11.0 Å². The van der Waals surface area contributed by atoms with Crippen LogP contribution in [0.3, 0.4) is 0 Å². The molecule has 0 aromatic carbocycles. The van der Waals surface area contributed by atoms with Crippen LogP contribution in [0.5, 0.6) is 0 Å². The van der Waals surface area contributed by atoms with Crippen LogP contribution < -0.4 is 5.32 Å². The van der Waals surface area contributed by atoms with E-state index >= 15 is 0 Å². The van der Waals surface area contributed by atoms with Gasteiger partial charge in [-0.3, -0.25) is 9.59 Å². The summed E-state index contributed by atoms with van der Waals surface area (Å²) >= 11 is 0. The van der Waals surface area contributed by atoms with Crippen LogP contribution in [0.1, 0.15) is 26.7 Å². The second-order valence-corrected chi connectivity index (χ2v) is 4.27. The van der Waals surface area contributed by atoms with Gasteiger partial charge in [0.05, 0.1) is 6.54 Å². The van der Waals surface area contributed by atoms with Crippen molar-refractivity contribution in [3.05, 3.63) is 12.7 Å². The maximum absolute atomic E-state index is 12.1. The fourth-order valence-electron chi connectivity index (χ4n) is 1.79. The average molecular weight is 224 g/mol. The normalized spacial score (nSPS) is 22.9. The van der Waals surface area contributed by atoms with Gasteiger partial charge in [0.15, 0.2) is 0 Å². The molecular formula is C12H20N2O2. The lowest BCUT2D eigenvalue weighted by Gasteiger charge is -2.35. The molecule has 0 aromatic heterocycles. The number of hydrogen-bond acceptors (Lipinski definition) is 2. The summed E-state index contributed by atoms with van der Waals surface area (Å²) in [7, 11) is 0. The van der Waals surface area contributed by atoms with E-state index < -0.39 is 0 Å². The molecular weight excluding hydrogens is 204 g/mol. The standard InChI is InChI=1S/C12H20N2O2/c1-4-6-7-14-8-10(15)13-11(12(14)16)9(3)5-2/h4,9,11H,1,5-8H2,2-3H3,(H,13,15). The molecule has 0 bridgehead atoms. The predicted molar refractivity (Wildman–Crippen MR) is 62.8 cm³/mol. The van der Waals surface area contributed by atoms with E-state index in [1.165, 1.54) is 0 Å². The third kappa shape index (κ3) is 2.84. The number of rotatable bonds is 5.